The first kappa shape index (κ1) is 26.7. The van der Waals surface area contributed by atoms with Crippen molar-refractivity contribution in [3.63, 3.8) is 0 Å². The van der Waals surface area contributed by atoms with Crippen molar-refractivity contribution in [2.24, 2.45) is 5.92 Å². The van der Waals surface area contributed by atoms with Crippen molar-refractivity contribution < 1.29 is 14.3 Å². The molecule has 0 unspecified atom stereocenters. The first-order valence-corrected chi connectivity index (χ1v) is 13.2. The minimum absolute atomic E-state index is 0.00982. The summed E-state index contributed by atoms with van der Waals surface area (Å²) in [4.78, 5) is 27.7. The number of nitrogens with zero attached hydrogens (tertiary/aromatic N) is 1. The summed E-state index contributed by atoms with van der Waals surface area (Å²) in [7, 11) is 0. The number of carbonyl (C=O) groups excluding carboxylic acids is 2. The fourth-order valence-electron chi connectivity index (χ4n) is 4.57. The number of benzene rings is 2. The molecule has 0 atom stereocenters. The Morgan fingerprint density at radius 1 is 1.03 bits per heavy atom. The fraction of sp³-hybridized carbons (Fsp3) is 0.517. The van der Waals surface area contributed by atoms with Crippen LogP contribution in [0.15, 0.2) is 48.5 Å². The van der Waals surface area contributed by atoms with Gasteiger partial charge in [-0.15, -0.1) is 0 Å². The Kier molecular flexibility index (Phi) is 11.1. The van der Waals surface area contributed by atoms with Crippen molar-refractivity contribution in [2.75, 3.05) is 43.1 Å². The zero-order valence-electron chi connectivity index (χ0n) is 21.4. The maximum atomic E-state index is 13.2. The lowest BCUT2D eigenvalue weighted by Gasteiger charge is -2.35. The zero-order valence-corrected chi connectivity index (χ0v) is 21.4. The number of nitrogens with one attached hydrogen (secondary N) is 2. The maximum absolute atomic E-state index is 13.2. The number of ether oxygens (including phenoxy) is 1. The van der Waals surface area contributed by atoms with Gasteiger partial charge in [0.1, 0.15) is 0 Å². The Balaban J connectivity index is 1.67. The Morgan fingerprint density at radius 2 is 1.80 bits per heavy atom. The van der Waals surface area contributed by atoms with Gasteiger partial charge in [0, 0.05) is 50.6 Å². The summed E-state index contributed by atoms with van der Waals surface area (Å²) in [6.07, 6.45) is 6.39. The summed E-state index contributed by atoms with van der Waals surface area (Å²) >= 11 is 0. The van der Waals surface area contributed by atoms with Crippen LogP contribution in [0.1, 0.15) is 68.3 Å². The second-order valence-electron chi connectivity index (χ2n) is 9.31. The van der Waals surface area contributed by atoms with Gasteiger partial charge in [0.05, 0.1) is 5.56 Å². The molecule has 2 amide bonds. The van der Waals surface area contributed by atoms with Gasteiger partial charge in [0.15, 0.2) is 0 Å². The predicted molar refractivity (Wildman–Crippen MR) is 143 cm³/mol. The van der Waals surface area contributed by atoms with E-state index < -0.39 is 0 Å². The van der Waals surface area contributed by atoms with Crippen LogP contribution in [0, 0.1) is 5.92 Å². The Morgan fingerprint density at radius 3 is 2.51 bits per heavy atom. The van der Waals surface area contributed by atoms with Crippen LogP contribution in [0.2, 0.25) is 0 Å². The second-order valence-corrected chi connectivity index (χ2v) is 9.31. The normalized spacial score (nSPS) is 14.1. The van der Waals surface area contributed by atoms with Gasteiger partial charge >= 0.3 is 0 Å². The number of rotatable bonds is 13. The monoisotopic (exact) mass is 479 g/mol. The third-order valence-corrected chi connectivity index (χ3v) is 6.56. The summed E-state index contributed by atoms with van der Waals surface area (Å²) in [5, 5.41) is 6.00. The summed E-state index contributed by atoms with van der Waals surface area (Å²) in [5.41, 5.74) is 3.63. The first-order valence-electron chi connectivity index (χ1n) is 13.2. The highest BCUT2D eigenvalue weighted by Gasteiger charge is 2.23. The summed E-state index contributed by atoms with van der Waals surface area (Å²) < 4.78 is 5.38. The number of unbranched alkanes of at least 4 members (excludes halogenated alkanes) is 1. The quantitative estimate of drug-likeness (QED) is 0.376. The van der Waals surface area contributed by atoms with Crippen molar-refractivity contribution in [1.82, 2.24) is 5.32 Å². The van der Waals surface area contributed by atoms with Gasteiger partial charge in [0.25, 0.3) is 5.91 Å². The highest BCUT2D eigenvalue weighted by atomic mass is 16.5. The number of hydrogen-bond donors (Lipinski definition) is 2. The highest BCUT2D eigenvalue weighted by Crippen LogP contribution is 2.30. The van der Waals surface area contributed by atoms with E-state index in [9.17, 15) is 9.59 Å². The number of hydrogen-bond acceptors (Lipinski definition) is 4. The molecule has 2 aromatic carbocycles. The molecule has 0 aromatic heterocycles. The number of anilines is 2. The summed E-state index contributed by atoms with van der Waals surface area (Å²) in [6.45, 7) is 7.75. The molecule has 1 aliphatic heterocycles. The third kappa shape index (κ3) is 8.70. The first-order chi connectivity index (χ1) is 17.1. The standard InChI is InChI=1S/C29H41N3O3/c1-3-5-12-28(33)31-25-13-14-27(26(22-25)29(34)30-17-9-20-35-4-2)32-18-15-24(16-19-32)21-23-10-7-6-8-11-23/h6-8,10-11,13-14,22,24H,3-5,9,12,15-21H2,1-2H3,(H,30,34)(H,31,33). The van der Waals surface area contributed by atoms with Crippen LogP contribution >= 0.6 is 0 Å². The molecule has 0 saturated carbocycles. The topological polar surface area (TPSA) is 70.7 Å². The lowest BCUT2D eigenvalue weighted by Crippen LogP contribution is -2.36. The average molecular weight is 480 g/mol. The van der Waals surface area contributed by atoms with Crippen LogP contribution in [0.3, 0.4) is 0 Å². The highest BCUT2D eigenvalue weighted by molar-refractivity contribution is 6.02. The minimum atomic E-state index is -0.104. The van der Waals surface area contributed by atoms with Gasteiger partial charge in [0.2, 0.25) is 5.91 Å². The van der Waals surface area contributed by atoms with Crippen molar-refractivity contribution in [1.29, 1.82) is 0 Å². The molecule has 190 valence electrons. The van der Waals surface area contributed by atoms with Crippen molar-refractivity contribution in [3.8, 4) is 0 Å². The molecule has 6 heteroatoms. The van der Waals surface area contributed by atoms with E-state index in [0.717, 1.165) is 57.3 Å². The maximum Gasteiger partial charge on any atom is 0.253 e. The molecule has 0 aliphatic carbocycles. The van der Waals surface area contributed by atoms with E-state index in [2.05, 4.69) is 52.8 Å². The lowest BCUT2D eigenvalue weighted by atomic mass is 9.89. The van der Waals surface area contributed by atoms with E-state index in [-0.39, 0.29) is 11.8 Å². The van der Waals surface area contributed by atoms with E-state index in [1.807, 2.05) is 25.1 Å². The predicted octanol–water partition coefficient (Wildman–Crippen LogP) is 5.43. The van der Waals surface area contributed by atoms with Gasteiger partial charge in [-0.1, -0.05) is 43.7 Å². The second kappa shape index (κ2) is 14.5. The molecule has 1 aliphatic rings. The van der Waals surface area contributed by atoms with Gasteiger partial charge in [-0.25, -0.2) is 0 Å². The molecular weight excluding hydrogens is 438 g/mol. The van der Waals surface area contributed by atoms with E-state index in [1.165, 1.54) is 5.56 Å². The van der Waals surface area contributed by atoms with Crippen LogP contribution in [0.5, 0.6) is 0 Å². The van der Waals surface area contributed by atoms with E-state index in [0.29, 0.717) is 43.3 Å². The zero-order chi connectivity index (χ0) is 24.9. The van der Waals surface area contributed by atoms with Crippen LogP contribution in [-0.2, 0) is 16.0 Å². The lowest BCUT2D eigenvalue weighted by molar-refractivity contribution is -0.116. The number of amides is 2. The van der Waals surface area contributed by atoms with Crippen LogP contribution < -0.4 is 15.5 Å². The summed E-state index contributed by atoms with van der Waals surface area (Å²) in [6, 6.07) is 16.4. The Bertz CT molecular complexity index is 924. The van der Waals surface area contributed by atoms with Gasteiger partial charge in [-0.3, -0.25) is 9.59 Å². The van der Waals surface area contributed by atoms with Crippen molar-refractivity contribution in [2.45, 2.75) is 58.8 Å². The van der Waals surface area contributed by atoms with E-state index >= 15 is 0 Å². The molecule has 6 nitrogen and oxygen atoms in total. The van der Waals surface area contributed by atoms with Gasteiger partial charge in [-0.05, 0) is 68.7 Å². The molecule has 2 aromatic rings. The largest absolute Gasteiger partial charge is 0.382 e. The molecule has 1 saturated heterocycles. The summed E-state index contributed by atoms with van der Waals surface area (Å²) in [5.74, 6) is 0.540. The third-order valence-electron chi connectivity index (χ3n) is 6.56. The molecule has 1 fully saturated rings. The number of piperidine rings is 1. The van der Waals surface area contributed by atoms with Gasteiger partial charge < -0.3 is 20.3 Å². The molecule has 0 radical (unpaired) electrons. The molecule has 0 spiro atoms. The van der Waals surface area contributed by atoms with Crippen molar-refractivity contribution in [3.05, 3.63) is 59.7 Å². The average Bonchev–Trinajstić information content (AvgIpc) is 2.88. The van der Waals surface area contributed by atoms with Crippen LogP contribution in [-0.4, -0.2) is 44.7 Å². The SMILES string of the molecule is CCCCC(=O)Nc1ccc(N2CCC(Cc3ccccc3)CC2)c(C(=O)NCCCOCC)c1. The molecule has 35 heavy (non-hydrogen) atoms. The Hall–Kier alpha value is -2.86. The van der Waals surface area contributed by atoms with Gasteiger partial charge in [-0.2, -0.15) is 0 Å². The number of carbonyl (C=O) groups is 2. The fourth-order valence-corrected chi connectivity index (χ4v) is 4.57. The van der Waals surface area contributed by atoms with Crippen LogP contribution in [0.4, 0.5) is 11.4 Å². The Labute approximate surface area is 210 Å². The molecule has 0 bridgehead atoms. The van der Waals surface area contributed by atoms with Crippen LogP contribution in [0.25, 0.3) is 0 Å². The smallest absolute Gasteiger partial charge is 0.253 e. The van der Waals surface area contributed by atoms with E-state index in [1.54, 1.807) is 0 Å². The molecule has 2 N–H and O–H groups in total. The molecular formula is C29H41N3O3. The van der Waals surface area contributed by atoms with Crippen molar-refractivity contribution >= 4 is 23.2 Å². The van der Waals surface area contributed by atoms with E-state index in [4.69, 9.17) is 4.74 Å². The minimum Gasteiger partial charge on any atom is -0.382 e. The molecule has 3 rings (SSSR count). The molecule has 1 heterocycles.